The van der Waals surface area contributed by atoms with Gasteiger partial charge in [0.15, 0.2) is 11.6 Å². The van der Waals surface area contributed by atoms with Gasteiger partial charge in [-0.3, -0.25) is 9.69 Å². The second kappa shape index (κ2) is 11.4. The minimum atomic E-state index is -0.796. The molecule has 1 aromatic carbocycles. The molecule has 2 unspecified atom stereocenters. The number of piperidine rings is 1. The molecule has 0 aliphatic carbocycles. The van der Waals surface area contributed by atoms with Crippen LogP contribution in [0.2, 0.25) is 0 Å². The summed E-state index contributed by atoms with van der Waals surface area (Å²) in [5.74, 6) is -1.67. The first-order chi connectivity index (χ1) is 13.0. The van der Waals surface area contributed by atoms with E-state index >= 15 is 0 Å². The van der Waals surface area contributed by atoms with Crippen molar-refractivity contribution in [3.63, 3.8) is 0 Å². The van der Waals surface area contributed by atoms with E-state index in [4.69, 9.17) is 4.65 Å². The van der Waals surface area contributed by atoms with Crippen molar-refractivity contribution in [2.24, 2.45) is 5.92 Å². The van der Waals surface area contributed by atoms with Crippen LogP contribution in [0.3, 0.4) is 0 Å². The van der Waals surface area contributed by atoms with Crippen molar-refractivity contribution in [3.8, 4) is 0 Å². The number of hydrogen-bond donors (Lipinski definition) is 0. The van der Waals surface area contributed by atoms with Crippen LogP contribution in [-0.4, -0.2) is 31.5 Å². The number of hydrogen-bond acceptors (Lipinski definition) is 3. The molecular formula is C21H32BF2NO2. The number of nitrogens with zero attached hydrogens (tertiary/aromatic N) is 1. The molecular weight excluding hydrogens is 347 g/mol. The quantitative estimate of drug-likeness (QED) is 0.565. The standard InChI is InChI=1S/C21H32BF2NO2/c1-2-3-7-17(21(26)27-22)8-6-10-18-9-4-5-13-25(18)15-16-11-12-19(23)20(24)14-16/h11-12,14,17-18H,2-10,13,15,22H2,1H3. The molecule has 0 radical (unpaired) electrons. The molecule has 150 valence electrons. The van der Waals surface area contributed by atoms with Crippen LogP contribution in [0.25, 0.3) is 0 Å². The lowest BCUT2D eigenvalue weighted by molar-refractivity contribution is -0.139. The summed E-state index contributed by atoms with van der Waals surface area (Å²) in [5.41, 5.74) is 0.816. The van der Waals surface area contributed by atoms with Gasteiger partial charge in [-0.15, -0.1) is 0 Å². The Labute approximate surface area is 162 Å². The number of rotatable bonds is 10. The average molecular weight is 379 g/mol. The van der Waals surface area contributed by atoms with Crippen LogP contribution in [-0.2, 0) is 16.0 Å². The summed E-state index contributed by atoms with van der Waals surface area (Å²) in [4.78, 5) is 14.4. The summed E-state index contributed by atoms with van der Waals surface area (Å²) in [5, 5.41) is 0. The summed E-state index contributed by atoms with van der Waals surface area (Å²) in [6.45, 7) is 3.77. The van der Waals surface area contributed by atoms with Crippen LogP contribution in [0.1, 0.15) is 70.3 Å². The lowest BCUT2D eigenvalue weighted by atomic mass is 9.91. The van der Waals surface area contributed by atoms with Gasteiger partial charge in [-0.2, -0.15) is 0 Å². The van der Waals surface area contributed by atoms with Gasteiger partial charge in [0.05, 0.1) is 5.92 Å². The average Bonchev–Trinajstić information content (AvgIpc) is 2.68. The van der Waals surface area contributed by atoms with Crippen molar-refractivity contribution in [1.29, 1.82) is 0 Å². The molecule has 1 saturated heterocycles. The van der Waals surface area contributed by atoms with E-state index in [1.165, 1.54) is 26.6 Å². The zero-order chi connectivity index (χ0) is 19.6. The van der Waals surface area contributed by atoms with Crippen LogP contribution < -0.4 is 0 Å². The lowest BCUT2D eigenvalue weighted by Crippen LogP contribution is -2.39. The molecule has 0 saturated carbocycles. The molecule has 2 rings (SSSR count). The molecule has 3 nitrogen and oxygen atoms in total. The maximum absolute atomic E-state index is 13.5. The monoisotopic (exact) mass is 379 g/mol. The van der Waals surface area contributed by atoms with Crippen molar-refractivity contribution in [3.05, 3.63) is 35.4 Å². The molecule has 27 heavy (non-hydrogen) atoms. The third-order valence-corrected chi connectivity index (χ3v) is 5.65. The normalized spacial score (nSPS) is 19.0. The van der Waals surface area contributed by atoms with Gasteiger partial charge in [0, 0.05) is 12.6 Å². The van der Waals surface area contributed by atoms with Crippen molar-refractivity contribution in [1.82, 2.24) is 4.90 Å². The summed E-state index contributed by atoms with van der Waals surface area (Å²) < 4.78 is 31.6. The maximum atomic E-state index is 13.5. The Morgan fingerprint density at radius 1 is 1.26 bits per heavy atom. The van der Waals surface area contributed by atoms with Gasteiger partial charge in [0.2, 0.25) is 0 Å². The van der Waals surface area contributed by atoms with Crippen molar-refractivity contribution in [2.45, 2.75) is 77.3 Å². The highest BCUT2D eigenvalue weighted by molar-refractivity contribution is 6.05. The van der Waals surface area contributed by atoms with Gasteiger partial charge in [-0.05, 0) is 56.3 Å². The molecule has 0 aromatic heterocycles. The topological polar surface area (TPSA) is 29.5 Å². The summed E-state index contributed by atoms with van der Waals surface area (Å²) in [6.07, 6.45) is 9.38. The summed E-state index contributed by atoms with van der Waals surface area (Å²) in [7, 11) is 1.46. The van der Waals surface area contributed by atoms with Gasteiger partial charge in [-0.25, -0.2) is 8.78 Å². The summed E-state index contributed by atoms with van der Waals surface area (Å²) in [6, 6.07) is 4.62. The zero-order valence-corrected chi connectivity index (χ0v) is 16.7. The Morgan fingerprint density at radius 3 is 2.74 bits per heavy atom. The molecule has 1 heterocycles. The minimum absolute atomic E-state index is 0.00168. The second-order valence-corrected chi connectivity index (χ2v) is 7.66. The first kappa shape index (κ1) is 21.9. The zero-order valence-electron chi connectivity index (χ0n) is 16.7. The molecule has 1 fully saturated rings. The van der Waals surface area contributed by atoms with Crippen molar-refractivity contribution >= 4 is 14.0 Å². The smallest absolute Gasteiger partial charge is 0.325 e. The molecule has 0 bridgehead atoms. The van der Waals surface area contributed by atoms with E-state index in [0.717, 1.165) is 63.5 Å². The predicted molar refractivity (Wildman–Crippen MR) is 106 cm³/mol. The van der Waals surface area contributed by atoms with Gasteiger partial charge in [0.25, 0.3) is 5.97 Å². The molecule has 2 atom stereocenters. The Bertz CT molecular complexity index is 600. The Kier molecular flexibility index (Phi) is 9.25. The van der Waals surface area contributed by atoms with Crippen LogP contribution >= 0.6 is 0 Å². The number of halogens is 2. The molecule has 0 spiro atoms. The Balaban J connectivity index is 1.88. The highest BCUT2D eigenvalue weighted by Gasteiger charge is 2.24. The fourth-order valence-electron chi connectivity index (χ4n) is 4.06. The predicted octanol–water partition coefficient (Wildman–Crippen LogP) is 4.39. The third-order valence-electron chi connectivity index (χ3n) is 5.65. The number of carbonyl (C=O) groups is 1. The molecule has 1 aliphatic rings. The van der Waals surface area contributed by atoms with Gasteiger partial charge in [-0.1, -0.05) is 38.7 Å². The van der Waals surface area contributed by atoms with Crippen LogP contribution in [0, 0.1) is 17.6 Å². The van der Waals surface area contributed by atoms with Crippen molar-refractivity contribution < 1.29 is 18.2 Å². The van der Waals surface area contributed by atoms with Gasteiger partial charge in [0.1, 0.15) is 0 Å². The van der Waals surface area contributed by atoms with Gasteiger partial charge >= 0.3 is 8.05 Å². The number of carbonyl (C=O) groups excluding carboxylic acids is 1. The summed E-state index contributed by atoms with van der Waals surface area (Å²) >= 11 is 0. The Morgan fingerprint density at radius 2 is 2.04 bits per heavy atom. The van der Waals surface area contributed by atoms with E-state index in [1.54, 1.807) is 6.07 Å². The fourth-order valence-corrected chi connectivity index (χ4v) is 4.06. The molecule has 0 N–H and O–H groups in total. The van der Waals surface area contributed by atoms with E-state index in [0.29, 0.717) is 12.6 Å². The molecule has 1 aliphatic heterocycles. The van der Waals surface area contributed by atoms with E-state index in [1.807, 2.05) is 0 Å². The largest absolute Gasteiger partial charge is 0.543 e. The van der Waals surface area contributed by atoms with Crippen molar-refractivity contribution in [2.75, 3.05) is 6.54 Å². The molecule has 0 amide bonds. The minimum Gasteiger partial charge on any atom is -0.543 e. The number of likely N-dealkylation sites (tertiary alicyclic amines) is 1. The van der Waals surface area contributed by atoms with E-state index in [9.17, 15) is 13.6 Å². The highest BCUT2D eigenvalue weighted by Crippen LogP contribution is 2.26. The number of benzene rings is 1. The fraction of sp³-hybridized carbons (Fsp3) is 0.667. The Hall–Kier alpha value is -1.43. The molecule has 6 heteroatoms. The maximum Gasteiger partial charge on any atom is 0.325 e. The van der Waals surface area contributed by atoms with Crippen LogP contribution in [0.15, 0.2) is 18.2 Å². The van der Waals surface area contributed by atoms with E-state index in [-0.39, 0.29) is 11.9 Å². The second-order valence-electron chi connectivity index (χ2n) is 7.66. The van der Waals surface area contributed by atoms with E-state index < -0.39 is 11.6 Å². The highest BCUT2D eigenvalue weighted by atomic mass is 19.2. The number of unbranched alkanes of at least 4 members (excludes halogenated alkanes) is 1. The van der Waals surface area contributed by atoms with Crippen LogP contribution in [0.5, 0.6) is 0 Å². The van der Waals surface area contributed by atoms with Crippen LogP contribution in [0.4, 0.5) is 8.78 Å². The van der Waals surface area contributed by atoms with E-state index in [2.05, 4.69) is 11.8 Å². The first-order valence-corrected chi connectivity index (χ1v) is 10.3. The van der Waals surface area contributed by atoms with Gasteiger partial charge < -0.3 is 4.65 Å². The first-order valence-electron chi connectivity index (χ1n) is 10.3. The molecule has 1 aromatic rings. The third kappa shape index (κ3) is 6.91. The lowest BCUT2D eigenvalue weighted by Gasteiger charge is -2.36. The SMILES string of the molecule is BOC(=O)C(CCCC)CCCC1CCCCN1Cc1ccc(F)c(F)c1.